The third kappa shape index (κ3) is 3.13. The van der Waals surface area contributed by atoms with Gasteiger partial charge in [-0.1, -0.05) is 12.8 Å². The third-order valence-electron chi connectivity index (χ3n) is 3.74. The molecule has 0 aromatic carbocycles. The molecule has 0 spiro atoms. The number of nitrogens with one attached hydrogen (secondary N) is 1. The molecule has 2 N–H and O–H groups in total. The van der Waals surface area contributed by atoms with E-state index < -0.39 is 34.4 Å². The molecule has 9 heteroatoms. The van der Waals surface area contributed by atoms with Crippen LogP contribution in [0.25, 0.3) is 0 Å². The Bertz CT molecular complexity index is 675. The first-order valence-corrected chi connectivity index (χ1v) is 6.73. The van der Waals surface area contributed by atoms with Crippen LogP contribution in [0, 0.1) is 10.1 Å². The Morgan fingerprint density at radius 3 is 2.55 bits per heavy atom. The number of aliphatic carboxylic acids is 1. The maximum Gasteiger partial charge on any atom is 0.329 e. The first-order chi connectivity index (χ1) is 10.3. The van der Waals surface area contributed by atoms with E-state index in [1.165, 1.54) is 0 Å². The molecule has 1 aliphatic rings. The van der Waals surface area contributed by atoms with Gasteiger partial charge in [0.15, 0.2) is 0 Å². The Hall–Kier alpha value is -2.71. The summed E-state index contributed by atoms with van der Waals surface area (Å²) >= 11 is 0. The first kappa shape index (κ1) is 15.7. The van der Waals surface area contributed by atoms with Crippen LogP contribution in [0.4, 0.5) is 5.69 Å². The fraction of sp³-hybridized carbons (Fsp3) is 0.462. The lowest BCUT2D eigenvalue weighted by Gasteiger charge is -2.25. The van der Waals surface area contributed by atoms with Gasteiger partial charge in [0.1, 0.15) is 12.1 Å². The lowest BCUT2D eigenvalue weighted by Crippen LogP contribution is -2.53. The van der Waals surface area contributed by atoms with E-state index >= 15 is 0 Å². The molecule has 0 bridgehead atoms. The van der Waals surface area contributed by atoms with Crippen molar-refractivity contribution in [2.75, 3.05) is 0 Å². The van der Waals surface area contributed by atoms with E-state index in [2.05, 4.69) is 5.32 Å². The average Bonchev–Trinajstić information content (AvgIpc) is 2.90. The van der Waals surface area contributed by atoms with E-state index in [-0.39, 0.29) is 5.69 Å². The zero-order chi connectivity index (χ0) is 16.3. The molecule has 0 unspecified atom stereocenters. The molecule has 0 atom stereocenters. The zero-order valence-corrected chi connectivity index (χ0v) is 11.7. The summed E-state index contributed by atoms with van der Waals surface area (Å²) in [7, 11) is 0. The van der Waals surface area contributed by atoms with Crippen molar-refractivity contribution in [2.45, 2.75) is 37.8 Å². The second kappa shape index (κ2) is 5.96. The summed E-state index contributed by atoms with van der Waals surface area (Å²) in [4.78, 5) is 45.0. The molecule has 1 aromatic rings. The third-order valence-corrected chi connectivity index (χ3v) is 3.74. The Morgan fingerprint density at radius 1 is 1.36 bits per heavy atom. The van der Waals surface area contributed by atoms with Crippen LogP contribution in [0.3, 0.4) is 0 Å². The van der Waals surface area contributed by atoms with Crippen molar-refractivity contribution in [3.8, 4) is 0 Å². The standard InChI is InChI=1S/C13H15N3O6/c17-10(14-13(12(19)20)5-1-2-6-13)8-15-7-9(16(21)22)3-4-11(15)18/h3-4,7H,1-2,5-6,8H2,(H,14,17)(H,19,20). The van der Waals surface area contributed by atoms with Crippen LogP contribution >= 0.6 is 0 Å². The van der Waals surface area contributed by atoms with Gasteiger partial charge in [-0.3, -0.25) is 24.3 Å². The molecule has 0 aliphatic heterocycles. The van der Waals surface area contributed by atoms with Gasteiger partial charge in [0, 0.05) is 12.1 Å². The molecule has 118 valence electrons. The smallest absolute Gasteiger partial charge is 0.329 e. The summed E-state index contributed by atoms with van der Waals surface area (Å²) in [5, 5.41) is 22.4. The van der Waals surface area contributed by atoms with Crippen LogP contribution in [-0.2, 0) is 16.1 Å². The molecule has 0 radical (unpaired) electrons. The number of hydrogen-bond acceptors (Lipinski definition) is 5. The highest BCUT2D eigenvalue weighted by atomic mass is 16.6. The summed E-state index contributed by atoms with van der Waals surface area (Å²) < 4.78 is 0.887. The highest BCUT2D eigenvalue weighted by molar-refractivity contribution is 5.87. The summed E-state index contributed by atoms with van der Waals surface area (Å²) in [5.41, 5.74) is -2.20. The summed E-state index contributed by atoms with van der Waals surface area (Å²) in [6, 6.07) is 2.04. The normalized spacial score (nSPS) is 16.2. The van der Waals surface area contributed by atoms with Crippen LogP contribution < -0.4 is 10.9 Å². The van der Waals surface area contributed by atoms with Crippen molar-refractivity contribution in [3.63, 3.8) is 0 Å². The predicted molar refractivity (Wildman–Crippen MR) is 74.3 cm³/mol. The number of hydrogen-bond donors (Lipinski definition) is 2. The number of carbonyl (C=O) groups excluding carboxylic acids is 1. The van der Waals surface area contributed by atoms with Gasteiger partial charge in [-0.05, 0) is 12.8 Å². The molecule has 9 nitrogen and oxygen atoms in total. The lowest BCUT2D eigenvalue weighted by molar-refractivity contribution is -0.385. The monoisotopic (exact) mass is 309 g/mol. The molecule has 1 aliphatic carbocycles. The summed E-state index contributed by atoms with van der Waals surface area (Å²) in [5.74, 6) is -1.77. The number of pyridine rings is 1. The van der Waals surface area contributed by atoms with E-state index in [0.29, 0.717) is 25.7 Å². The Morgan fingerprint density at radius 2 is 2.00 bits per heavy atom. The molecule has 1 heterocycles. The van der Waals surface area contributed by atoms with Crippen LogP contribution in [0.2, 0.25) is 0 Å². The number of aromatic nitrogens is 1. The van der Waals surface area contributed by atoms with Gasteiger partial charge in [-0.2, -0.15) is 0 Å². The van der Waals surface area contributed by atoms with E-state index in [4.69, 9.17) is 0 Å². The number of carbonyl (C=O) groups is 2. The zero-order valence-electron chi connectivity index (χ0n) is 11.7. The lowest BCUT2D eigenvalue weighted by atomic mass is 9.98. The van der Waals surface area contributed by atoms with Crippen molar-refractivity contribution in [2.24, 2.45) is 0 Å². The van der Waals surface area contributed by atoms with E-state index in [9.17, 15) is 29.6 Å². The van der Waals surface area contributed by atoms with Gasteiger partial charge in [-0.15, -0.1) is 0 Å². The molecular formula is C13H15N3O6. The van der Waals surface area contributed by atoms with Gasteiger partial charge in [0.2, 0.25) is 5.91 Å². The fourth-order valence-corrected chi connectivity index (χ4v) is 2.58. The van der Waals surface area contributed by atoms with Crippen LogP contribution in [0.15, 0.2) is 23.1 Å². The minimum absolute atomic E-state index is 0.318. The predicted octanol–water partition coefficient (Wildman–Crippen LogP) is 0.270. The molecule has 1 saturated carbocycles. The second-order valence-electron chi connectivity index (χ2n) is 5.25. The van der Waals surface area contributed by atoms with Crippen molar-refractivity contribution < 1.29 is 19.6 Å². The van der Waals surface area contributed by atoms with E-state index in [1.807, 2.05) is 0 Å². The second-order valence-corrected chi connectivity index (χ2v) is 5.25. The van der Waals surface area contributed by atoms with Crippen LogP contribution in [0.5, 0.6) is 0 Å². The van der Waals surface area contributed by atoms with Gasteiger partial charge < -0.3 is 10.4 Å². The molecule has 1 amide bonds. The van der Waals surface area contributed by atoms with Crippen molar-refractivity contribution in [3.05, 3.63) is 38.8 Å². The minimum Gasteiger partial charge on any atom is -0.480 e. The largest absolute Gasteiger partial charge is 0.480 e. The van der Waals surface area contributed by atoms with Crippen LogP contribution in [0.1, 0.15) is 25.7 Å². The van der Waals surface area contributed by atoms with E-state index in [1.54, 1.807) is 0 Å². The Labute approximate surface area is 124 Å². The van der Waals surface area contributed by atoms with E-state index in [0.717, 1.165) is 22.9 Å². The minimum atomic E-state index is -1.30. The highest BCUT2D eigenvalue weighted by Gasteiger charge is 2.42. The molecular weight excluding hydrogens is 294 g/mol. The summed E-state index contributed by atoms with van der Waals surface area (Å²) in [6.07, 6.45) is 3.02. The maximum atomic E-state index is 12.0. The van der Waals surface area contributed by atoms with Gasteiger partial charge in [0.25, 0.3) is 11.2 Å². The van der Waals surface area contributed by atoms with Gasteiger partial charge >= 0.3 is 5.97 Å². The van der Waals surface area contributed by atoms with Crippen LogP contribution in [-0.4, -0.2) is 32.0 Å². The molecule has 1 fully saturated rings. The number of carboxylic acid groups (broad SMARTS) is 1. The first-order valence-electron chi connectivity index (χ1n) is 6.73. The summed E-state index contributed by atoms with van der Waals surface area (Å²) in [6.45, 7) is -0.463. The Kier molecular flexibility index (Phi) is 4.25. The highest BCUT2D eigenvalue weighted by Crippen LogP contribution is 2.29. The van der Waals surface area contributed by atoms with Crippen molar-refractivity contribution >= 4 is 17.6 Å². The number of carboxylic acids is 1. The quantitative estimate of drug-likeness (QED) is 0.592. The van der Waals surface area contributed by atoms with Gasteiger partial charge in [0.05, 0.1) is 11.1 Å². The number of nitrogens with zero attached hydrogens (tertiary/aromatic N) is 2. The molecule has 0 saturated heterocycles. The van der Waals surface area contributed by atoms with Gasteiger partial charge in [-0.25, -0.2) is 4.79 Å². The SMILES string of the molecule is O=C(Cn1cc([N+](=O)[O-])ccc1=O)NC1(C(=O)O)CCCC1. The van der Waals surface area contributed by atoms with Crippen molar-refractivity contribution in [1.82, 2.24) is 9.88 Å². The number of nitro groups is 1. The molecule has 1 aromatic heterocycles. The fourth-order valence-electron chi connectivity index (χ4n) is 2.58. The average molecular weight is 309 g/mol. The molecule has 2 rings (SSSR count). The molecule has 22 heavy (non-hydrogen) atoms. The maximum absolute atomic E-state index is 12.0. The topological polar surface area (TPSA) is 132 Å². The number of rotatable bonds is 5. The number of amides is 1. The Balaban J connectivity index is 2.15. The van der Waals surface area contributed by atoms with Crippen molar-refractivity contribution in [1.29, 1.82) is 0 Å².